The molecule has 1 aliphatic heterocycles. The molecule has 0 aromatic heterocycles. The smallest absolute Gasteiger partial charge is 0.456 e. The molecule has 0 atom stereocenters. The summed E-state index contributed by atoms with van der Waals surface area (Å²) in [5.74, 6) is -0.484. The Bertz CT molecular complexity index is 761. The van der Waals surface area contributed by atoms with E-state index in [0.717, 1.165) is 0 Å². The lowest BCUT2D eigenvalue weighted by Gasteiger charge is -2.32. The molecule has 1 aromatic rings. The lowest BCUT2D eigenvalue weighted by atomic mass is 9.74. The van der Waals surface area contributed by atoms with Gasteiger partial charge in [0.1, 0.15) is 5.60 Å². The highest BCUT2D eigenvalue weighted by Gasteiger charge is 2.52. The molecule has 0 amide bonds. The van der Waals surface area contributed by atoms with Crippen LogP contribution in [0.15, 0.2) is 17.2 Å². The van der Waals surface area contributed by atoms with E-state index in [1.807, 2.05) is 27.7 Å². The van der Waals surface area contributed by atoms with Crippen LogP contribution < -0.4 is 5.46 Å². The molecule has 1 heterocycles. The second kappa shape index (κ2) is 6.61. The van der Waals surface area contributed by atoms with Crippen LogP contribution in [0.4, 0.5) is 5.69 Å². The average molecular weight is 359 g/mol. The number of rotatable bonds is 3. The summed E-state index contributed by atoms with van der Waals surface area (Å²) in [4.78, 5) is 15.4. The molecule has 140 valence electrons. The largest absolute Gasteiger partial charge is 0.495 e. The van der Waals surface area contributed by atoms with Crippen molar-refractivity contribution in [2.75, 3.05) is 0 Å². The Morgan fingerprint density at radius 1 is 1.19 bits per heavy atom. The molecule has 0 N–H and O–H groups in total. The summed E-state index contributed by atoms with van der Waals surface area (Å²) in [6, 6.07) is 3.21. The lowest BCUT2D eigenvalue weighted by Crippen LogP contribution is -2.41. The van der Waals surface area contributed by atoms with Crippen LogP contribution in [0.25, 0.3) is 10.4 Å². The first-order valence-electron chi connectivity index (χ1n) is 8.56. The van der Waals surface area contributed by atoms with Crippen LogP contribution in [0.2, 0.25) is 0 Å². The fourth-order valence-electron chi connectivity index (χ4n) is 2.59. The third-order valence-corrected chi connectivity index (χ3v) is 4.72. The van der Waals surface area contributed by atoms with E-state index >= 15 is 0 Å². The van der Waals surface area contributed by atoms with E-state index < -0.39 is 29.9 Å². The maximum absolute atomic E-state index is 12.6. The van der Waals surface area contributed by atoms with Crippen molar-refractivity contribution >= 4 is 24.2 Å². The zero-order valence-electron chi connectivity index (χ0n) is 16.7. The molecule has 26 heavy (non-hydrogen) atoms. The van der Waals surface area contributed by atoms with Crippen molar-refractivity contribution in [1.29, 1.82) is 0 Å². The summed E-state index contributed by atoms with van der Waals surface area (Å²) in [5, 5.41) is 3.65. The topological polar surface area (TPSA) is 93.5 Å². The summed E-state index contributed by atoms with van der Waals surface area (Å²) in [5.41, 5.74) is 9.08. The van der Waals surface area contributed by atoms with E-state index in [4.69, 9.17) is 19.6 Å². The van der Waals surface area contributed by atoms with Crippen molar-refractivity contribution in [1.82, 2.24) is 0 Å². The van der Waals surface area contributed by atoms with Crippen molar-refractivity contribution in [2.24, 2.45) is 5.11 Å². The third kappa shape index (κ3) is 4.03. The molecule has 8 heteroatoms. The molecule has 1 aromatic carbocycles. The molecular formula is C18H26BN3O4. The zero-order chi connectivity index (χ0) is 19.9. The zero-order valence-corrected chi connectivity index (χ0v) is 16.7. The summed E-state index contributed by atoms with van der Waals surface area (Å²) in [7, 11) is -0.671. The third-order valence-electron chi connectivity index (χ3n) is 4.72. The van der Waals surface area contributed by atoms with Gasteiger partial charge in [0, 0.05) is 10.6 Å². The highest BCUT2D eigenvalue weighted by Crippen LogP contribution is 2.37. The molecular weight excluding hydrogens is 333 g/mol. The van der Waals surface area contributed by atoms with Crippen LogP contribution in [0.3, 0.4) is 0 Å². The molecule has 1 fully saturated rings. The minimum Gasteiger partial charge on any atom is -0.456 e. The van der Waals surface area contributed by atoms with Gasteiger partial charge in [0.2, 0.25) is 0 Å². The van der Waals surface area contributed by atoms with Gasteiger partial charge in [-0.2, -0.15) is 0 Å². The van der Waals surface area contributed by atoms with E-state index in [-0.39, 0.29) is 0 Å². The van der Waals surface area contributed by atoms with Gasteiger partial charge in [0.25, 0.3) is 0 Å². The van der Waals surface area contributed by atoms with E-state index in [0.29, 0.717) is 22.3 Å². The quantitative estimate of drug-likeness (QED) is 0.266. The van der Waals surface area contributed by atoms with Gasteiger partial charge in [-0.1, -0.05) is 11.2 Å². The van der Waals surface area contributed by atoms with Crippen LogP contribution in [-0.2, 0) is 14.0 Å². The van der Waals surface area contributed by atoms with Gasteiger partial charge in [-0.25, -0.2) is 4.79 Å². The van der Waals surface area contributed by atoms with Gasteiger partial charge < -0.3 is 14.0 Å². The first kappa shape index (κ1) is 20.3. The van der Waals surface area contributed by atoms with Gasteiger partial charge in [-0.3, -0.25) is 0 Å². The monoisotopic (exact) mass is 359 g/mol. The Hall–Kier alpha value is -2.02. The first-order valence-corrected chi connectivity index (χ1v) is 8.56. The molecule has 2 rings (SSSR count). The van der Waals surface area contributed by atoms with E-state index in [1.165, 1.54) is 6.07 Å². The van der Waals surface area contributed by atoms with Gasteiger partial charge in [0.15, 0.2) is 0 Å². The highest BCUT2D eigenvalue weighted by molar-refractivity contribution is 6.63. The second-order valence-electron chi connectivity index (χ2n) is 8.49. The molecule has 0 bridgehead atoms. The van der Waals surface area contributed by atoms with Crippen LogP contribution in [0.5, 0.6) is 0 Å². The number of nitrogens with zero attached hydrogens (tertiary/aromatic N) is 3. The summed E-state index contributed by atoms with van der Waals surface area (Å²) < 4.78 is 17.7. The van der Waals surface area contributed by atoms with Gasteiger partial charge in [-0.05, 0) is 78.0 Å². The Morgan fingerprint density at radius 2 is 1.73 bits per heavy atom. The van der Waals surface area contributed by atoms with Crippen molar-refractivity contribution < 1.29 is 18.8 Å². The Kier molecular flexibility index (Phi) is 5.16. The second-order valence-corrected chi connectivity index (χ2v) is 8.49. The summed E-state index contributed by atoms with van der Waals surface area (Å²) in [6.07, 6.45) is 0. The Balaban J connectivity index is 2.54. The number of carbonyl (C=O) groups excluding carboxylic acids is 1. The number of esters is 1. The Morgan fingerprint density at radius 3 is 2.19 bits per heavy atom. The highest BCUT2D eigenvalue weighted by atomic mass is 16.7. The number of benzene rings is 1. The van der Waals surface area contributed by atoms with E-state index in [1.54, 1.807) is 33.8 Å². The molecule has 0 radical (unpaired) electrons. The maximum atomic E-state index is 12.6. The van der Waals surface area contributed by atoms with Crippen molar-refractivity contribution in [3.05, 3.63) is 33.7 Å². The van der Waals surface area contributed by atoms with E-state index in [9.17, 15) is 4.79 Å². The number of hydrogen-bond donors (Lipinski definition) is 0. The fourth-order valence-corrected chi connectivity index (χ4v) is 2.59. The van der Waals surface area contributed by atoms with Crippen LogP contribution in [-0.4, -0.2) is 29.9 Å². The summed E-state index contributed by atoms with van der Waals surface area (Å²) in [6.45, 7) is 15.0. The number of ether oxygens (including phenoxy) is 1. The molecule has 7 nitrogen and oxygen atoms in total. The van der Waals surface area contributed by atoms with Gasteiger partial charge >= 0.3 is 13.1 Å². The van der Waals surface area contributed by atoms with Gasteiger partial charge in [-0.15, -0.1) is 0 Å². The SMILES string of the molecule is Cc1c(B2OC(C)(C)C(C)(C)O2)cc(N=[N+]=[N-])cc1C(=O)OC(C)(C)C. The van der Waals surface area contributed by atoms with E-state index in [2.05, 4.69) is 10.0 Å². The number of azide groups is 1. The fraction of sp³-hybridized carbons (Fsp3) is 0.611. The predicted molar refractivity (Wildman–Crippen MR) is 101 cm³/mol. The first-order chi connectivity index (χ1) is 11.8. The molecule has 0 spiro atoms. The average Bonchev–Trinajstić information content (AvgIpc) is 2.67. The normalized spacial score (nSPS) is 18.4. The number of carbonyl (C=O) groups is 1. The van der Waals surface area contributed by atoms with Crippen molar-refractivity contribution in [3.63, 3.8) is 0 Å². The molecule has 1 aliphatic rings. The van der Waals surface area contributed by atoms with Crippen molar-refractivity contribution in [2.45, 2.75) is 72.2 Å². The minimum atomic E-state index is -0.671. The summed E-state index contributed by atoms with van der Waals surface area (Å²) >= 11 is 0. The molecule has 0 unspecified atom stereocenters. The van der Waals surface area contributed by atoms with Crippen LogP contribution >= 0.6 is 0 Å². The molecule has 0 saturated carbocycles. The van der Waals surface area contributed by atoms with Gasteiger partial charge in [0.05, 0.1) is 16.8 Å². The number of hydrogen-bond acceptors (Lipinski definition) is 5. The lowest BCUT2D eigenvalue weighted by molar-refractivity contribution is 0.00578. The standard InChI is InChI=1S/C18H26BN3O4/c1-11-13(15(23)24-16(2,3)4)9-12(21-22-20)10-14(11)19-25-17(5,6)18(7,8)26-19/h9-10H,1-8H3. The minimum absolute atomic E-state index is 0.309. The van der Waals surface area contributed by atoms with Crippen LogP contribution in [0.1, 0.15) is 64.4 Å². The maximum Gasteiger partial charge on any atom is 0.495 e. The molecule has 1 saturated heterocycles. The predicted octanol–water partition coefficient (Wildman–Crippen LogP) is 4.19. The van der Waals surface area contributed by atoms with Crippen molar-refractivity contribution in [3.8, 4) is 0 Å². The molecule has 0 aliphatic carbocycles. The Labute approximate surface area is 154 Å². The van der Waals surface area contributed by atoms with Crippen LogP contribution in [0, 0.1) is 6.92 Å².